The fraction of sp³-hybridized carbons (Fsp3) is 0.857. The molecule has 1 rings (SSSR count). The maximum Gasteiger partial charge on any atom is 0.308 e. The lowest BCUT2D eigenvalue weighted by molar-refractivity contribution is -0.147. The highest BCUT2D eigenvalue weighted by atomic mass is 16.4. The van der Waals surface area contributed by atoms with E-state index < -0.39 is 5.97 Å². The predicted octanol–water partition coefficient (Wildman–Crippen LogP) is 2.38. The molecule has 1 aliphatic heterocycles. The van der Waals surface area contributed by atoms with Gasteiger partial charge in [0.05, 0.1) is 5.92 Å². The van der Waals surface area contributed by atoms with E-state index in [4.69, 9.17) is 5.11 Å². The first kappa shape index (κ1) is 15.0. The Labute approximate surface area is 109 Å². The SMILES string of the molecule is CCCC(C)CC(=O)N1CC(C)CC(C(=O)O)C1. The van der Waals surface area contributed by atoms with Gasteiger partial charge < -0.3 is 10.0 Å². The minimum atomic E-state index is -0.777. The lowest BCUT2D eigenvalue weighted by atomic mass is 9.90. The first-order chi connectivity index (χ1) is 8.43. The molecule has 1 saturated heterocycles. The topological polar surface area (TPSA) is 57.6 Å². The van der Waals surface area contributed by atoms with E-state index in [1.54, 1.807) is 4.90 Å². The van der Waals surface area contributed by atoms with Gasteiger partial charge in [-0.15, -0.1) is 0 Å². The maximum atomic E-state index is 12.1. The molecule has 3 atom stereocenters. The van der Waals surface area contributed by atoms with Crippen molar-refractivity contribution in [3.8, 4) is 0 Å². The minimum absolute atomic E-state index is 0.119. The molecule has 0 spiro atoms. The van der Waals surface area contributed by atoms with Crippen molar-refractivity contribution in [2.45, 2.75) is 46.5 Å². The van der Waals surface area contributed by atoms with E-state index in [9.17, 15) is 9.59 Å². The van der Waals surface area contributed by atoms with E-state index in [2.05, 4.69) is 13.8 Å². The van der Waals surface area contributed by atoms with Crippen molar-refractivity contribution in [3.05, 3.63) is 0 Å². The van der Waals surface area contributed by atoms with Gasteiger partial charge in [-0.1, -0.05) is 33.6 Å². The van der Waals surface area contributed by atoms with Crippen LogP contribution in [0.25, 0.3) is 0 Å². The van der Waals surface area contributed by atoms with Crippen LogP contribution < -0.4 is 0 Å². The first-order valence-corrected chi connectivity index (χ1v) is 6.94. The number of piperidine rings is 1. The molecule has 18 heavy (non-hydrogen) atoms. The normalized spacial score (nSPS) is 25.8. The summed E-state index contributed by atoms with van der Waals surface area (Å²) in [6.45, 7) is 7.32. The highest BCUT2D eigenvalue weighted by molar-refractivity contribution is 5.78. The molecule has 4 heteroatoms. The van der Waals surface area contributed by atoms with E-state index in [1.807, 2.05) is 6.92 Å². The Bertz CT molecular complexity index is 303. The van der Waals surface area contributed by atoms with Crippen LogP contribution in [0.4, 0.5) is 0 Å². The Kier molecular flexibility index (Phi) is 5.63. The van der Waals surface area contributed by atoms with Gasteiger partial charge in [-0.25, -0.2) is 0 Å². The zero-order valence-electron chi connectivity index (χ0n) is 11.7. The number of amides is 1. The predicted molar refractivity (Wildman–Crippen MR) is 70.2 cm³/mol. The van der Waals surface area contributed by atoms with Crippen molar-refractivity contribution in [1.82, 2.24) is 4.90 Å². The minimum Gasteiger partial charge on any atom is -0.481 e. The average molecular weight is 255 g/mol. The second kappa shape index (κ2) is 6.76. The summed E-state index contributed by atoms with van der Waals surface area (Å²) in [4.78, 5) is 24.9. The summed E-state index contributed by atoms with van der Waals surface area (Å²) in [5.74, 6) is -0.373. The van der Waals surface area contributed by atoms with Gasteiger partial charge in [0.2, 0.25) is 5.91 Å². The molecule has 0 bridgehead atoms. The van der Waals surface area contributed by atoms with E-state index in [0.29, 0.717) is 31.8 Å². The molecule has 0 radical (unpaired) electrons. The van der Waals surface area contributed by atoms with Crippen LogP contribution in [-0.2, 0) is 9.59 Å². The molecule has 1 N–H and O–H groups in total. The summed E-state index contributed by atoms with van der Waals surface area (Å²) in [5, 5.41) is 9.08. The van der Waals surface area contributed by atoms with Crippen LogP contribution in [0.5, 0.6) is 0 Å². The third-order valence-electron chi connectivity index (χ3n) is 3.67. The molecule has 1 amide bonds. The lowest BCUT2D eigenvalue weighted by Crippen LogP contribution is -2.45. The molecule has 0 aromatic carbocycles. The van der Waals surface area contributed by atoms with Crippen molar-refractivity contribution in [2.24, 2.45) is 17.8 Å². The van der Waals surface area contributed by atoms with Crippen molar-refractivity contribution in [1.29, 1.82) is 0 Å². The number of likely N-dealkylation sites (tertiary alicyclic amines) is 1. The Hall–Kier alpha value is -1.06. The third kappa shape index (κ3) is 4.31. The Morgan fingerprint density at radius 3 is 2.61 bits per heavy atom. The van der Waals surface area contributed by atoms with Crippen molar-refractivity contribution in [3.63, 3.8) is 0 Å². The molecule has 1 fully saturated rings. The molecular weight excluding hydrogens is 230 g/mol. The van der Waals surface area contributed by atoms with Gasteiger partial charge >= 0.3 is 5.97 Å². The summed E-state index contributed by atoms with van der Waals surface area (Å²) < 4.78 is 0. The fourth-order valence-corrected chi connectivity index (χ4v) is 2.76. The standard InChI is InChI=1S/C14H25NO3/c1-4-5-10(2)7-13(16)15-8-11(3)6-12(9-15)14(17)18/h10-12H,4-9H2,1-3H3,(H,17,18). The Morgan fingerprint density at radius 1 is 1.39 bits per heavy atom. The first-order valence-electron chi connectivity index (χ1n) is 6.94. The maximum absolute atomic E-state index is 12.1. The summed E-state index contributed by atoms with van der Waals surface area (Å²) in [6, 6.07) is 0. The summed E-state index contributed by atoms with van der Waals surface area (Å²) in [5.41, 5.74) is 0. The van der Waals surface area contributed by atoms with Crippen LogP contribution >= 0.6 is 0 Å². The number of hydrogen-bond donors (Lipinski definition) is 1. The van der Waals surface area contributed by atoms with Crippen molar-refractivity contribution >= 4 is 11.9 Å². The van der Waals surface area contributed by atoms with Crippen LogP contribution in [0, 0.1) is 17.8 Å². The third-order valence-corrected chi connectivity index (χ3v) is 3.67. The van der Waals surface area contributed by atoms with Gasteiger partial charge in [-0.2, -0.15) is 0 Å². The fourth-order valence-electron chi connectivity index (χ4n) is 2.76. The van der Waals surface area contributed by atoms with E-state index in [1.165, 1.54) is 0 Å². The van der Waals surface area contributed by atoms with E-state index >= 15 is 0 Å². The molecule has 4 nitrogen and oxygen atoms in total. The molecule has 0 aromatic heterocycles. The van der Waals surface area contributed by atoms with E-state index in [0.717, 1.165) is 12.8 Å². The molecular formula is C14H25NO3. The molecule has 104 valence electrons. The van der Waals surface area contributed by atoms with Gasteiger partial charge in [0.25, 0.3) is 0 Å². The van der Waals surface area contributed by atoms with Crippen molar-refractivity contribution in [2.75, 3.05) is 13.1 Å². The smallest absolute Gasteiger partial charge is 0.308 e. The quantitative estimate of drug-likeness (QED) is 0.820. The zero-order valence-corrected chi connectivity index (χ0v) is 11.7. The number of carboxylic acid groups (broad SMARTS) is 1. The lowest BCUT2D eigenvalue weighted by Gasteiger charge is -2.35. The van der Waals surface area contributed by atoms with Gasteiger partial charge in [0.1, 0.15) is 0 Å². The summed E-state index contributed by atoms with van der Waals surface area (Å²) in [7, 11) is 0. The number of carbonyl (C=O) groups is 2. The van der Waals surface area contributed by atoms with Crippen molar-refractivity contribution < 1.29 is 14.7 Å². The zero-order chi connectivity index (χ0) is 13.7. The molecule has 3 unspecified atom stereocenters. The van der Waals surface area contributed by atoms with Gasteiger partial charge in [-0.05, 0) is 18.3 Å². The van der Waals surface area contributed by atoms with Gasteiger partial charge in [0, 0.05) is 19.5 Å². The van der Waals surface area contributed by atoms with Crippen LogP contribution in [0.1, 0.15) is 46.5 Å². The number of carbonyl (C=O) groups excluding carboxylic acids is 1. The molecule has 1 heterocycles. The summed E-state index contributed by atoms with van der Waals surface area (Å²) in [6.07, 6.45) is 3.37. The number of carboxylic acids is 1. The number of rotatable bonds is 5. The molecule has 0 aliphatic carbocycles. The monoisotopic (exact) mass is 255 g/mol. The van der Waals surface area contributed by atoms with Crippen LogP contribution in [0.2, 0.25) is 0 Å². The summed E-state index contributed by atoms with van der Waals surface area (Å²) >= 11 is 0. The van der Waals surface area contributed by atoms with Crippen LogP contribution in [-0.4, -0.2) is 35.0 Å². The highest BCUT2D eigenvalue weighted by Crippen LogP contribution is 2.23. The van der Waals surface area contributed by atoms with Gasteiger partial charge in [0.15, 0.2) is 0 Å². The Morgan fingerprint density at radius 2 is 2.06 bits per heavy atom. The van der Waals surface area contributed by atoms with Crippen LogP contribution in [0.3, 0.4) is 0 Å². The second-order valence-corrected chi connectivity index (χ2v) is 5.77. The molecule has 0 aromatic rings. The Balaban J connectivity index is 2.53. The average Bonchev–Trinajstić information content (AvgIpc) is 2.28. The van der Waals surface area contributed by atoms with Gasteiger partial charge in [-0.3, -0.25) is 9.59 Å². The number of hydrogen-bond acceptors (Lipinski definition) is 2. The van der Waals surface area contributed by atoms with Crippen LogP contribution in [0.15, 0.2) is 0 Å². The molecule has 1 aliphatic rings. The number of aliphatic carboxylic acids is 1. The second-order valence-electron chi connectivity index (χ2n) is 5.77. The number of nitrogens with zero attached hydrogens (tertiary/aromatic N) is 1. The largest absolute Gasteiger partial charge is 0.481 e. The molecule has 0 saturated carbocycles. The highest BCUT2D eigenvalue weighted by Gasteiger charge is 2.31. The van der Waals surface area contributed by atoms with E-state index in [-0.39, 0.29) is 17.7 Å².